The lowest BCUT2D eigenvalue weighted by Gasteiger charge is -2.10. The lowest BCUT2D eigenvalue weighted by molar-refractivity contribution is -0.140. The summed E-state index contributed by atoms with van der Waals surface area (Å²) in [6.07, 6.45) is 2.37. The Labute approximate surface area is 121 Å². The number of thioether (sulfide) groups is 1. The SMILES string of the molecule is Cc1ccccc1-n1cnnc1S[C@H]1C[C@@H](C)OC1=O. The summed E-state index contributed by atoms with van der Waals surface area (Å²) in [4.78, 5) is 11.7. The molecule has 104 valence electrons. The second kappa shape index (κ2) is 5.28. The van der Waals surface area contributed by atoms with Crippen LogP contribution in [0.5, 0.6) is 0 Å². The maximum atomic E-state index is 11.7. The Hall–Kier alpha value is -1.82. The zero-order chi connectivity index (χ0) is 14.1. The van der Waals surface area contributed by atoms with Crippen molar-refractivity contribution in [3.63, 3.8) is 0 Å². The minimum Gasteiger partial charge on any atom is -0.462 e. The van der Waals surface area contributed by atoms with Crippen molar-refractivity contribution in [1.82, 2.24) is 14.8 Å². The molecule has 2 atom stereocenters. The largest absolute Gasteiger partial charge is 0.462 e. The van der Waals surface area contributed by atoms with Crippen molar-refractivity contribution in [2.75, 3.05) is 0 Å². The molecule has 1 aliphatic rings. The van der Waals surface area contributed by atoms with E-state index >= 15 is 0 Å². The first-order valence-electron chi connectivity index (χ1n) is 6.48. The number of hydrogen-bond acceptors (Lipinski definition) is 5. The number of hydrogen-bond donors (Lipinski definition) is 0. The Morgan fingerprint density at radius 3 is 2.90 bits per heavy atom. The molecular formula is C14H15N3O2S. The fourth-order valence-electron chi connectivity index (χ4n) is 2.25. The van der Waals surface area contributed by atoms with Crippen molar-refractivity contribution < 1.29 is 9.53 Å². The van der Waals surface area contributed by atoms with Gasteiger partial charge in [0, 0.05) is 6.42 Å². The van der Waals surface area contributed by atoms with Crippen LogP contribution in [0.4, 0.5) is 0 Å². The van der Waals surface area contributed by atoms with Gasteiger partial charge < -0.3 is 4.74 Å². The fraction of sp³-hybridized carbons (Fsp3) is 0.357. The van der Waals surface area contributed by atoms with E-state index in [0.29, 0.717) is 6.42 Å². The van der Waals surface area contributed by atoms with Gasteiger partial charge in [0.1, 0.15) is 17.7 Å². The molecule has 0 saturated carbocycles. The van der Waals surface area contributed by atoms with E-state index in [1.165, 1.54) is 11.8 Å². The molecule has 2 heterocycles. The first-order valence-corrected chi connectivity index (χ1v) is 7.36. The van der Waals surface area contributed by atoms with E-state index in [0.717, 1.165) is 16.4 Å². The number of para-hydroxylation sites is 1. The number of aromatic nitrogens is 3. The summed E-state index contributed by atoms with van der Waals surface area (Å²) in [5.74, 6) is -0.165. The highest BCUT2D eigenvalue weighted by Crippen LogP contribution is 2.32. The molecule has 5 nitrogen and oxygen atoms in total. The number of esters is 1. The second-order valence-electron chi connectivity index (χ2n) is 4.86. The van der Waals surface area contributed by atoms with Crippen molar-refractivity contribution in [3.05, 3.63) is 36.2 Å². The van der Waals surface area contributed by atoms with Gasteiger partial charge in [-0.3, -0.25) is 9.36 Å². The number of rotatable bonds is 3. The van der Waals surface area contributed by atoms with Crippen LogP contribution in [0.15, 0.2) is 35.7 Å². The van der Waals surface area contributed by atoms with Gasteiger partial charge in [-0.15, -0.1) is 10.2 Å². The van der Waals surface area contributed by atoms with Crippen LogP contribution in [0, 0.1) is 6.92 Å². The van der Waals surface area contributed by atoms with Crippen LogP contribution < -0.4 is 0 Å². The topological polar surface area (TPSA) is 57.0 Å². The molecule has 0 N–H and O–H groups in total. The summed E-state index contributed by atoms with van der Waals surface area (Å²) in [5, 5.41) is 8.61. The minimum absolute atomic E-state index is 0.0187. The maximum absolute atomic E-state index is 11.7. The van der Waals surface area contributed by atoms with Crippen LogP contribution in [0.3, 0.4) is 0 Å². The van der Waals surface area contributed by atoms with Crippen molar-refractivity contribution >= 4 is 17.7 Å². The lowest BCUT2D eigenvalue weighted by Crippen LogP contribution is -2.11. The number of cyclic esters (lactones) is 1. The van der Waals surface area contributed by atoms with E-state index in [-0.39, 0.29) is 17.3 Å². The molecule has 0 amide bonds. The van der Waals surface area contributed by atoms with E-state index in [1.54, 1.807) is 6.33 Å². The third kappa shape index (κ3) is 2.43. The van der Waals surface area contributed by atoms with Crippen molar-refractivity contribution in [1.29, 1.82) is 0 Å². The zero-order valence-electron chi connectivity index (χ0n) is 11.3. The predicted octanol–water partition coefficient (Wildman–Crippen LogP) is 2.37. The standard InChI is InChI=1S/C14H15N3O2S/c1-9-5-3-4-6-11(9)17-8-15-16-14(17)20-12-7-10(2)19-13(12)18/h3-6,8,10,12H,7H2,1-2H3/t10-,12+/m1/s1. The van der Waals surface area contributed by atoms with Gasteiger partial charge in [-0.2, -0.15) is 0 Å². The summed E-state index contributed by atoms with van der Waals surface area (Å²) in [7, 11) is 0. The zero-order valence-corrected chi connectivity index (χ0v) is 12.1. The lowest BCUT2D eigenvalue weighted by atomic mass is 10.2. The number of ether oxygens (including phenoxy) is 1. The Morgan fingerprint density at radius 1 is 1.40 bits per heavy atom. The number of aryl methyl sites for hydroxylation is 1. The first-order chi connectivity index (χ1) is 9.65. The Kier molecular flexibility index (Phi) is 3.48. The molecule has 1 saturated heterocycles. The molecule has 1 fully saturated rings. The monoisotopic (exact) mass is 289 g/mol. The van der Waals surface area contributed by atoms with Crippen LogP contribution in [-0.2, 0) is 9.53 Å². The molecule has 1 aliphatic heterocycles. The molecule has 0 bridgehead atoms. The van der Waals surface area contributed by atoms with Gasteiger partial charge in [0.15, 0.2) is 5.16 Å². The third-order valence-electron chi connectivity index (χ3n) is 3.27. The van der Waals surface area contributed by atoms with E-state index in [4.69, 9.17) is 4.74 Å². The molecule has 6 heteroatoms. The molecule has 0 spiro atoms. The summed E-state index contributed by atoms with van der Waals surface area (Å²) in [5.41, 5.74) is 2.16. The van der Waals surface area contributed by atoms with Crippen LogP contribution >= 0.6 is 11.8 Å². The predicted molar refractivity (Wildman–Crippen MR) is 75.9 cm³/mol. The van der Waals surface area contributed by atoms with Gasteiger partial charge in [-0.1, -0.05) is 30.0 Å². The average molecular weight is 289 g/mol. The fourth-order valence-corrected chi connectivity index (χ4v) is 3.37. The van der Waals surface area contributed by atoms with Crippen LogP contribution in [-0.4, -0.2) is 32.1 Å². The number of benzene rings is 1. The molecule has 0 aliphatic carbocycles. The summed E-state index contributed by atoms with van der Waals surface area (Å²) < 4.78 is 7.09. The molecule has 0 radical (unpaired) electrons. The molecule has 2 aromatic rings. The summed E-state index contributed by atoms with van der Waals surface area (Å²) in [6.45, 7) is 3.94. The highest BCUT2D eigenvalue weighted by molar-refractivity contribution is 8.00. The van der Waals surface area contributed by atoms with Crippen LogP contribution in [0.1, 0.15) is 18.9 Å². The van der Waals surface area contributed by atoms with Crippen molar-refractivity contribution in [2.24, 2.45) is 0 Å². The van der Waals surface area contributed by atoms with Crippen molar-refractivity contribution in [3.8, 4) is 5.69 Å². The summed E-state index contributed by atoms with van der Waals surface area (Å²) >= 11 is 1.41. The maximum Gasteiger partial charge on any atom is 0.319 e. The summed E-state index contributed by atoms with van der Waals surface area (Å²) in [6, 6.07) is 8.02. The second-order valence-corrected chi connectivity index (χ2v) is 6.03. The van der Waals surface area contributed by atoms with Gasteiger partial charge in [0.2, 0.25) is 0 Å². The van der Waals surface area contributed by atoms with E-state index in [1.807, 2.05) is 42.7 Å². The van der Waals surface area contributed by atoms with E-state index < -0.39 is 0 Å². The van der Waals surface area contributed by atoms with E-state index in [2.05, 4.69) is 10.2 Å². The van der Waals surface area contributed by atoms with Crippen LogP contribution in [0.25, 0.3) is 5.69 Å². The third-order valence-corrected chi connectivity index (χ3v) is 4.42. The highest BCUT2D eigenvalue weighted by Gasteiger charge is 2.34. The number of nitrogens with zero attached hydrogens (tertiary/aromatic N) is 3. The number of carbonyl (C=O) groups is 1. The quantitative estimate of drug-likeness (QED) is 0.812. The number of carbonyl (C=O) groups excluding carboxylic acids is 1. The van der Waals surface area contributed by atoms with Gasteiger partial charge in [0.05, 0.1) is 5.69 Å². The minimum atomic E-state index is -0.197. The molecule has 0 unspecified atom stereocenters. The Bertz CT molecular complexity index is 641. The molecule has 1 aromatic heterocycles. The normalized spacial score (nSPS) is 22.0. The molecular weight excluding hydrogens is 274 g/mol. The molecule has 1 aromatic carbocycles. The van der Waals surface area contributed by atoms with Crippen molar-refractivity contribution in [2.45, 2.75) is 36.8 Å². The average Bonchev–Trinajstić information content (AvgIpc) is 2.98. The van der Waals surface area contributed by atoms with Crippen LogP contribution in [0.2, 0.25) is 0 Å². The molecule has 20 heavy (non-hydrogen) atoms. The smallest absolute Gasteiger partial charge is 0.319 e. The highest BCUT2D eigenvalue weighted by atomic mass is 32.2. The Balaban J connectivity index is 1.88. The Morgan fingerprint density at radius 2 is 2.20 bits per heavy atom. The van der Waals surface area contributed by atoms with Gasteiger partial charge in [-0.25, -0.2) is 0 Å². The van der Waals surface area contributed by atoms with Gasteiger partial charge >= 0.3 is 5.97 Å². The van der Waals surface area contributed by atoms with Gasteiger partial charge in [0.25, 0.3) is 0 Å². The van der Waals surface area contributed by atoms with E-state index in [9.17, 15) is 4.79 Å². The first kappa shape index (κ1) is 13.2. The molecule has 3 rings (SSSR count). The van der Waals surface area contributed by atoms with Gasteiger partial charge in [-0.05, 0) is 25.5 Å².